The molecule has 2 heterocycles. The monoisotopic (exact) mass is 516 g/mol. The normalized spacial score (nSPS) is 11.2. The molecule has 0 aliphatic carbocycles. The molecule has 0 fully saturated rings. The zero-order chi connectivity index (χ0) is 27.2. The largest absolute Gasteiger partial charge is 0.486 e. The van der Waals surface area contributed by atoms with Gasteiger partial charge in [-0.25, -0.2) is 5.43 Å². The molecule has 4 rings (SSSR count). The Bertz CT molecular complexity index is 1450. The molecule has 10 nitrogen and oxygen atoms in total. The number of aryl methyl sites for hydroxylation is 2. The smallest absolute Gasteiger partial charge is 0.311 e. The zero-order valence-electron chi connectivity index (χ0n) is 21.5. The summed E-state index contributed by atoms with van der Waals surface area (Å²) in [6.07, 6.45) is 1.10. The van der Waals surface area contributed by atoms with Gasteiger partial charge in [0.2, 0.25) is 0 Å². The maximum absolute atomic E-state index is 12.4. The Morgan fingerprint density at radius 2 is 1.79 bits per heavy atom. The van der Waals surface area contributed by atoms with Gasteiger partial charge in [0.1, 0.15) is 18.1 Å². The maximum atomic E-state index is 12.4. The molecule has 0 spiro atoms. The van der Waals surface area contributed by atoms with Crippen molar-refractivity contribution in [3.8, 4) is 17.2 Å². The molecule has 2 aromatic heterocycles. The number of rotatable bonds is 10. The average Bonchev–Trinajstić information content (AvgIpc) is 3.49. The third-order valence-electron chi connectivity index (χ3n) is 5.55. The van der Waals surface area contributed by atoms with E-state index in [1.165, 1.54) is 24.4 Å². The van der Waals surface area contributed by atoms with E-state index in [2.05, 4.69) is 41.1 Å². The van der Waals surface area contributed by atoms with Crippen LogP contribution in [0.2, 0.25) is 0 Å². The van der Waals surface area contributed by atoms with E-state index in [1.54, 1.807) is 26.0 Å². The molecule has 1 amide bonds. The van der Waals surface area contributed by atoms with Crippen LogP contribution in [0.15, 0.2) is 76.2 Å². The molecule has 38 heavy (non-hydrogen) atoms. The standard InChI is InChI=1S/C28H28N4O6/c1-18(2)37-26-13-7-21(15-25(26)32(34)35)16-29-30-28(33)27-14-12-24(38-27)17-36-23-10-8-22(9-11-23)31-19(3)5-6-20(31)4/h5-16,18H,17H2,1-4H3,(H,30,33)/b29-16+. The van der Waals surface area contributed by atoms with E-state index in [9.17, 15) is 14.9 Å². The van der Waals surface area contributed by atoms with Crippen LogP contribution in [0.25, 0.3) is 5.69 Å². The molecule has 0 unspecified atom stereocenters. The van der Waals surface area contributed by atoms with Crippen molar-refractivity contribution < 1.29 is 23.6 Å². The minimum Gasteiger partial charge on any atom is -0.486 e. The Labute approximate surface area is 219 Å². The first kappa shape index (κ1) is 26.2. The summed E-state index contributed by atoms with van der Waals surface area (Å²) in [6.45, 7) is 7.82. The molecular weight excluding hydrogens is 488 g/mol. The number of aromatic nitrogens is 1. The van der Waals surface area contributed by atoms with Crippen LogP contribution in [0, 0.1) is 24.0 Å². The first-order valence-electron chi connectivity index (χ1n) is 12.0. The van der Waals surface area contributed by atoms with Gasteiger partial charge in [-0.1, -0.05) is 0 Å². The molecule has 10 heteroatoms. The van der Waals surface area contributed by atoms with Gasteiger partial charge in [0, 0.05) is 28.7 Å². The van der Waals surface area contributed by atoms with Gasteiger partial charge in [-0.3, -0.25) is 14.9 Å². The number of hydrogen-bond donors (Lipinski definition) is 1. The molecule has 0 saturated carbocycles. The SMILES string of the molecule is Cc1ccc(C)n1-c1ccc(OCc2ccc(C(=O)N/N=C/c3ccc(OC(C)C)c([N+](=O)[O-])c3)o2)cc1. The molecule has 0 bridgehead atoms. The molecule has 0 atom stereocenters. The number of nitrogens with zero attached hydrogens (tertiary/aromatic N) is 3. The summed E-state index contributed by atoms with van der Waals surface area (Å²) >= 11 is 0. The Balaban J connectivity index is 1.32. The summed E-state index contributed by atoms with van der Waals surface area (Å²) in [7, 11) is 0. The van der Waals surface area contributed by atoms with Crippen molar-refractivity contribution in [3.05, 3.63) is 105 Å². The fourth-order valence-corrected chi connectivity index (χ4v) is 3.83. The highest BCUT2D eigenvalue weighted by molar-refractivity contribution is 5.92. The van der Waals surface area contributed by atoms with Crippen LogP contribution in [-0.4, -0.2) is 27.7 Å². The first-order chi connectivity index (χ1) is 18.2. The molecule has 0 saturated heterocycles. The van der Waals surface area contributed by atoms with E-state index in [0.29, 0.717) is 17.1 Å². The quantitative estimate of drug-likeness (QED) is 0.163. The van der Waals surface area contributed by atoms with Gasteiger partial charge in [0.15, 0.2) is 11.5 Å². The van der Waals surface area contributed by atoms with Crippen molar-refractivity contribution in [2.45, 2.75) is 40.4 Å². The summed E-state index contributed by atoms with van der Waals surface area (Å²) in [5, 5.41) is 15.2. The van der Waals surface area contributed by atoms with E-state index in [0.717, 1.165) is 17.1 Å². The fourth-order valence-electron chi connectivity index (χ4n) is 3.83. The first-order valence-corrected chi connectivity index (χ1v) is 12.0. The third kappa shape index (κ3) is 6.28. The van der Waals surface area contributed by atoms with Crippen molar-refractivity contribution in [1.29, 1.82) is 0 Å². The van der Waals surface area contributed by atoms with Gasteiger partial charge in [-0.2, -0.15) is 5.10 Å². The number of hydrogen-bond acceptors (Lipinski definition) is 7. The van der Waals surface area contributed by atoms with E-state index < -0.39 is 10.8 Å². The minimum atomic E-state index is -0.566. The van der Waals surface area contributed by atoms with Crippen LogP contribution >= 0.6 is 0 Å². The van der Waals surface area contributed by atoms with Crippen molar-refractivity contribution in [1.82, 2.24) is 9.99 Å². The van der Waals surface area contributed by atoms with Crippen molar-refractivity contribution in [3.63, 3.8) is 0 Å². The molecule has 196 valence electrons. The number of furan rings is 1. The van der Waals surface area contributed by atoms with Crippen LogP contribution in [0.3, 0.4) is 0 Å². The van der Waals surface area contributed by atoms with Gasteiger partial charge in [0.05, 0.1) is 17.2 Å². The van der Waals surface area contributed by atoms with Crippen molar-refractivity contribution in [2.24, 2.45) is 5.10 Å². The van der Waals surface area contributed by atoms with E-state index in [-0.39, 0.29) is 29.9 Å². The Morgan fingerprint density at radius 3 is 2.45 bits per heavy atom. The maximum Gasteiger partial charge on any atom is 0.311 e. The molecule has 0 aliphatic rings. The van der Waals surface area contributed by atoms with E-state index >= 15 is 0 Å². The average molecular weight is 517 g/mol. The van der Waals surface area contributed by atoms with Crippen LogP contribution < -0.4 is 14.9 Å². The summed E-state index contributed by atoms with van der Waals surface area (Å²) in [5.74, 6) is 0.794. The van der Waals surface area contributed by atoms with E-state index in [4.69, 9.17) is 13.9 Å². The van der Waals surface area contributed by atoms with Gasteiger partial charge < -0.3 is 18.5 Å². The lowest BCUT2D eigenvalue weighted by molar-refractivity contribution is -0.386. The molecular formula is C28H28N4O6. The van der Waals surface area contributed by atoms with Gasteiger partial charge in [-0.05, 0) is 88.4 Å². The van der Waals surface area contributed by atoms with Crippen LogP contribution in [-0.2, 0) is 6.61 Å². The number of hydrazone groups is 1. The summed E-state index contributed by atoms with van der Waals surface area (Å²) in [4.78, 5) is 23.2. The molecule has 1 N–H and O–H groups in total. The van der Waals surface area contributed by atoms with Gasteiger partial charge in [-0.15, -0.1) is 0 Å². The lowest BCUT2D eigenvalue weighted by Gasteiger charge is -2.10. The molecule has 2 aromatic carbocycles. The van der Waals surface area contributed by atoms with Gasteiger partial charge >= 0.3 is 11.6 Å². The number of carbonyl (C=O) groups excluding carboxylic acids is 1. The number of nitro benzene ring substituents is 1. The number of amides is 1. The van der Waals surface area contributed by atoms with Crippen molar-refractivity contribution >= 4 is 17.8 Å². The topological polar surface area (TPSA) is 121 Å². The number of carbonyl (C=O) groups is 1. The zero-order valence-corrected chi connectivity index (χ0v) is 21.5. The highest BCUT2D eigenvalue weighted by Crippen LogP contribution is 2.28. The predicted molar refractivity (Wildman–Crippen MR) is 142 cm³/mol. The highest BCUT2D eigenvalue weighted by Gasteiger charge is 2.17. The Morgan fingerprint density at radius 1 is 1.08 bits per heavy atom. The second kappa shape index (κ2) is 11.5. The fraction of sp³-hybridized carbons (Fsp3) is 0.214. The second-order valence-corrected chi connectivity index (χ2v) is 8.85. The molecule has 0 radical (unpaired) electrons. The summed E-state index contributed by atoms with van der Waals surface area (Å²) in [5.41, 5.74) is 5.94. The Hall–Kier alpha value is -4.86. The van der Waals surface area contributed by atoms with Gasteiger partial charge in [0.25, 0.3) is 0 Å². The lowest BCUT2D eigenvalue weighted by atomic mass is 10.2. The predicted octanol–water partition coefficient (Wildman–Crippen LogP) is 5.73. The molecule has 4 aromatic rings. The highest BCUT2D eigenvalue weighted by atomic mass is 16.6. The molecule has 0 aliphatic heterocycles. The number of nitro groups is 1. The number of benzene rings is 2. The third-order valence-corrected chi connectivity index (χ3v) is 5.55. The Kier molecular flexibility index (Phi) is 7.91. The number of ether oxygens (including phenoxy) is 2. The summed E-state index contributed by atoms with van der Waals surface area (Å²) in [6, 6.07) is 19.5. The minimum absolute atomic E-state index is 0.0568. The van der Waals surface area contributed by atoms with E-state index in [1.807, 2.05) is 24.3 Å². The number of nitrogens with one attached hydrogen (secondary N) is 1. The van der Waals surface area contributed by atoms with Crippen molar-refractivity contribution in [2.75, 3.05) is 0 Å². The van der Waals surface area contributed by atoms with Crippen LogP contribution in [0.1, 0.15) is 47.1 Å². The lowest BCUT2D eigenvalue weighted by Crippen LogP contribution is -2.16. The van der Waals surface area contributed by atoms with Crippen LogP contribution in [0.5, 0.6) is 11.5 Å². The summed E-state index contributed by atoms with van der Waals surface area (Å²) < 4.78 is 19.0. The second-order valence-electron chi connectivity index (χ2n) is 8.85. The van der Waals surface area contributed by atoms with Crippen LogP contribution in [0.4, 0.5) is 5.69 Å².